The number of carbonyl (C=O) groups is 1. The van der Waals surface area contributed by atoms with Crippen LogP contribution in [0.25, 0.3) is 0 Å². The van der Waals surface area contributed by atoms with Crippen molar-refractivity contribution >= 4 is 53.1 Å². The van der Waals surface area contributed by atoms with Crippen LogP contribution in [0.2, 0.25) is 5.02 Å². The first-order valence-corrected chi connectivity index (χ1v) is 9.02. The highest BCUT2D eigenvalue weighted by molar-refractivity contribution is 14.0. The Balaban J connectivity index is 0.00000676. The fourth-order valence-electron chi connectivity index (χ4n) is 2.10. The molecule has 0 saturated heterocycles. The third kappa shape index (κ3) is 11.4. The van der Waals surface area contributed by atoms with E-state index in [-0.39, 0.29) is 29.9 Å². The molecule has 0 radical (unpaired) electrons. The maximum atomic E-state index is 12.1. The molecular formula is C18H30ClIN4O3. The molecule has 0 spiro atoms. The lowest BCUT2D eigenvalue weighted by molar-refractivity contribution is -0.116. The lowest BCUT2D eigenvalue weighted by Crippen LogP contribution is -2.39. The second-order valence-corrected chi connectivity index (χ2v) is 6.00. The number of amides is 1. The van der Waals surface area contributed by atoms with Gasteiger partial charge in [-0.05, 0) is 31.0 Å². The number of nitrogens with one attached hydrogen (secondary N) is 3. The normalized spacial score (nSPS) is 10.9. The van der Waals surface area contributed by atoms with Crippen LogP contribution in [0.1, 0.15) is 18.4 Å². The first-order valence-electron chi connectivity index (χ1n) is 8.64. The van der Waals surface area contributed by atoms with E-state index < -0.39 is 0 Å². The molecular weight excluding hydrogens is 483 g/mol. The van der Waals surface area contributed by atoms with Gasteiger partial charge in [-0.2, -0.15) is 0 Å². The summed E-state index contributed by atoms with van der Waals surface area (Å²) in [4.78, 5) is 16.2. The Hall–Kier alpha value is -1.10. The number of nitrogens with zero attached hydrogens (tertiary/aromatic N) is 1. The van der Waals surface area contributed by atoms with E-state index in [2.05, 4.69) is 20.9 Å². The van der Waals surface area contributed by atoms with Crippen molar-refractivity contribution in [1.82, 2.24) is 10.6 Å². The SMILES string of the molecule is CN=C(NCCCOCCOC)NCCC(=O)Nc1cccc(Cl)c1C.I. The zero-order chi connectivity index (χ0) is 19.2. The smallest absolute Gasteiger partial charge is 0.226 e. The molecule has 0 aliphatic rings. The zero-order valence-electron chi connectivity index (χ0n) is 16.1. The summed E-state index contributed by atoms with van der Waals surface area (Å²) < 4.78 is 10.3. The number of rotatable bonds is 11. The van der Waals surface area contributed by atoms with E-state index in [4.69, 9.17) is 21.1 Å². The summed E-state index contributed by atoms with van der Waals surface area (Å²) >= 11 is 6.06. The molecule has 0 aliphatic carbocycles. The van der Waals surface area contributed by atoms with Crippen LogP contribution >= 0.6 is 35.6 Å². The molecule has 1 aromatic carbocycles. The number of anilines is 1. The van der Waals surface area contributed by atoms with Crippen LogP contribution in [0.5, 0.6) is 0 Å². The van der Waals surface area contributed by atoms with Crippen molar-refractivity contribution < 1.29 is 14.3 Å². The third-order valence-corrected chi connectivity index (χ3v) is 4.01. The molecule has 0 unspecified atom stereocenters. The van der Waals surface area contributed by atoms with Crippen molar-refractivity contribution in [2.45, 2.75) is 19.8 Å². The molecule has 3 N–H and O–H groups in total. The van der Waals surface area contributed by atoms with Gasteiger partial charge in [-0.25, -0.2) is 0 Å². The monoisotopic (exact) mass is 512 g/mol. The number of hydrogen-bond acceptors (Lipinski definition) is 4. The van der Waals surface area contributed by atoms with Gasteiger partial charge in [0.1, 0.15) is 0 Å². The Labute approximate surface area is 183 Å². The summed E-state index contributed by atoms with van der Waals surface area (Å²) in [7, 11) is 3.34. The molecule has 1 aromatic rings. The summed E-state index contributed by atoms with van der Waals surface area (Å²) in [6.45, 7) is 4.96. The fraction of sp³-hybridized carbons (Fsp3) is 0.556. The van der Waals surface area contributed by atoms with E-state index in [1.54, 1.807) is 20.2 Å². The molecule has 154 valence electrons. The van der Waals surface area contributed by atoms with E-state index in [0.717, 1.165) is 24.2 Å². The largest absolute Gasteiger partial charge is 0.382 e. The predicted octanol–water partition coefficient (Wildman–Crippen LogP) is 2.81. The van der Waals surface area contributed by atoms with Gasteiger partial charge in [0.15, 0.2) is 5.96 Å². The van der Waals surface area contributed by atoms with Gasteiger partial charge in [-0.3, -0.25) is 9.79 Å². The van der Waals surface area contributed by atoms with E-state index in [1.165, 1.54) is 0 Å². The van der Waals surface area contributed by atoms with Crippen molar-refractivity contribution in [1.29, 1.82) is 0 Å². The zero-order valence-corrected chi connectivity index (χ0v) is 19.2. The van der Waals surface area contributed by atoms with Crippen LogP contribution < -0.4 is 16.0 Å². The number of hydrogen-bond donors (Lipinski definition) is 3. The summed E-state index contributed by atoms with van der Waals surface area (Å²) in [5.74, 6) is 0.582. The van der Waals surface area contributed by atoms with Crippen LogP contribution in [0.4, 0.5) is 5.69 Å². The van der Waals surface area contributed by atoms with E-state index >= 15 is 0 Å². The highest BCUT2D eigenvalue weighted by Crippen LogP contribution is 2.22. The highest BCUT2D eigenvalue weighted by atomic mass is 127. The number of halogens is 2. The second kappa shape index (κ2) is 15.9. The average molecular weight is 513 g/mol. The maximum Gasteiger partial charge on any atom is 0.226 e. The number of methoxy groups -OCH3 is 1. The molecule has 0 fully saturated rings. The summed E-state index contributed by atoms with van der Waals surface area (Å²) in [6.07, 6.45) is 1.19. The van der Waals surface area contributed by atoms with Crippen LogP contribution in [0.15, 0.2) is 23.2 Å². The Morgan fingerprint density at radius 3 is 2.63 bits per heavy atom. The Morgan fingerprint density at radius 2 is 1.93 bits per heavy atom. The predicted molar refractivity (Wildman–Crippen MR) is 122 cm³/mol. The lowest BCUT2D eigenvalue weighted by Gasteiger charge is -2.13. The molecule has 0 atom stereocenters. The molecule has 27 heavy (non-hydrogen) atoms. The van der Waals surface area contributed by atoms with Gasteiger partial charge in [0, 0.05) is 51.0 Å². The van der Waals surface area contributed by atoms with Gasteiger partial charge >= 0.3 is 0 Å². The molecule has 1 rings (SSSR count). The first-order chi connectivity index (χ1) is 12.6. The summed E-state index contributed by atoms with van der Waals surface area (Å²) in [5.41, 5.74) is 1.60. The topological polar surface area (TPSA) is 84.0 Å². The maximum absolute atomic E-state index is 12.1. The molecule has 0 aliphatic heterocycles. The minimum absolute atomic E-state index is 0. The van der Waals surface area contributed by atoms with Gasteiger partial charge in [-0.15, -0.1) is 24.0 Å². The van der Waals surface area contributed by atoms with Crippen molar-refractivity contribution in [3.63, 3.8) is 0 Å². The highest BCUT2D eigenvalue weighted by Gasteiger charge is 2.07. The van der Waals surface area contributed by atoms with Crippen molar-refractivity contribution in [2.75, 3.05) is 52.4 Å². The van der Waals surface area contributed by atoms with Crippen LogP contribution in [-0.4, -0.2) is 58.9 Å². The van der Waals surface area contributed by atoms with Crippen LogP contribution in [0.3, 0.4) is 0 Å². The Bertz CT molecular complexity index is 588. The lowest BCUT2D eigenvalue weighted by atomic mass is 10.2. The van der Waals surface area contributed by atoms with Gasteiger partial charge in [0.2, 0.25) is 5.91 Å². The molecule has 0 heterocycles. The third-order valence-electron chi connectivity index (χ3n) is 3.60. The second-order valence-electron chi connectivity index (χ2n) is 5.60. The molecule has 0 aromatic heterocycles. The van der Waals surface area contributed by atoms with Gasteiger partial charge in [-0.1, -0.05) is 17.7 Å². The van der Waals surface area contributed by atoms with Crippen LogP contribution in [0, 0.1) is 6.92 Å². The number of benzene rings is 1. The average Bonchev–Trinajstić information content (AvgIpc) is 2.63. The molecule has 1 amide bonds. The quantitative estimate of drug-likeness (QED) is 0.184. The molecule has 7 nitrogen and oxygen atoms in total. The number of ether oxygens (including phenoxy) is 2. The Morgan fingerprint density at radius 1 is 1.19 bits per heavy atom. The Kier molecular flexibility index (Phi) is 15.3. The first kappa shape index (κ1) is 25.9. The summed E-state index contributed by atoms with van der Waals surface area (Å²) in [5, 5.41) is 9.80. The van der Waals surface area contributed by atoms with E-state index in [0.29, 0.717) is 43.8 Å². The minimum Gasteiger partial charge on any atom is -0.382 e. The molecule has 0 bridgehead atoms. The van der Waals surface area contributed by atoms with Gasteiger partial charge < -0.3 is 25.4 Å². The molecule has 9 heteroatoms. The standard InChI is InChI=1S/C18H29ClN4O3.HI/c1-14-15(19)6-4-7-16(14)23-17(24)8-10-22-18(20-2)21-9-5-11-26-13-12-25-3;/h4,6-7H,5,8-13H2,1-3H3,(H,23,24)(H2,20,21,22);1H. The van der Waals surface area contributed by atoms with Crippen molar-refractivity contribution in [3.05, 3.63) is 28.8 Å². The molecule has 0 saturated carbocycles. The van der Waals surface area contributed by atoms with Gasteiger partial charge in [0.25, 0.3) is 0 Å². The van der Waals surface area contributed by atoms with Gasteiger partial charge in [0.05, 0.1) is 13.2 Å². The van der Waals surface area contributed by atoms with E-state index in [1.807, 2.05) is 19.1 Å². The number of aliphatic imine (C=N–C) groups is 1. The van der Waals surface area contributed by atoms with Crippen molar-refractivity contribution in [2.24, 2.45) is 4.99 Å². The minimum atomic E-state index is -0.0788. The number of guanidine groups is 1. The summed E-state index contributed by atoms with van der Waals surface area (Å²) in [6, 6.07) is 5.45. The number of carbonyl (C=O) groups excluding carboxylic acids is 1. The van der Waals surface area contributed by atoms with Crippen LogP contribution in [-0.2, 0) is 14.3 Å². The van der Waals surface area contributed by atoms with Crippen molar-refractivity contribution in [3.8, 4) is 0 Å². The van der Waals surface area contributed by atoms with E-state index in [9.17, 15) is 4.79 Å². The fourth-order valence-corrected chi connectivity index (χ4v) is 2.27.